The molecule has 0 bridgehead atoms. The molecule has 7 unspecified atom stereocenters. The maximum Gasteiger partial charge on any atom is 0.303 e. The van der Waals surface area contributed by atoms with Gasteiger partial charge in [-0.15, -0.1) is 0 Å². The Hall–Kier alpha value is -0.830. The highest BCUT2D eigenvalue weighted by atomic mass is 16.5. The van der Waals surface area contributed by atoms with E-state index < -0.39 is 0 Å². The van der Waals surface area contributed by atoms with Crippen LogP contribution in [0, 0.1) is 50.7 Å². The van der Waals surface area contributed by atoms with Gasteiger partial charge in [0, 0.05) is 12.3 Å². The van der Waals surface area contributed by atoms with Crippen molar-refractivity contribution in [2.45, 2.75) is 131 Å². The van der Waals surface area contributed by atoms with Crippen molar-refractivity contribution in [2.24, 2.45) is 50.7 Å². The van der Waals surface area contributed by atoms with Crippen molar-refractivity contribution in [1.29, 1.82) is 0 Å². The summed E-state index contributed by atoms with van der Waals surface area (Å²) in [6.45, 7) is 20.6. The number of esters is 1. The Morgan fingerprint density at radius 2 is 1.54 bits per heavy atom. The van der Waals surface area contributed by atoms with E-state index in [2.05, 4.69) is 48.1 Å². The zero-order valence-electron chi connectivity index (χ0n) is 23.7. The molecule has 5 rings (SSSR count). The van der Waals surface area contributed by atoms with E-state index in [1.54, 1.807) is 6.92 Å². The summed E-state index contributed by atoms with van der Waals surface area (Å²) in [6.07, 6.45) is 13.2. The maximum absolute atomic E-state index is 12.1. The van der Waals surface area contributed by atoms with Crippen LogP contribution < -0.4 is 0 Å². The van der Waals surface area contributed by atoms with Crippen LogP contribution in [0.2, 0.25) is 0 Å². The third-order valence-electron chi connectivity index (χ3n) is 13.7. The van der Waals surface area contributed by atoms with Gasteiger partial charge in [0.15, 0.2) is 0 Å². The summed E-state index contributed by atoms with van der Waals surface area (Å²) < 4.78 is 6.06. The number of carbonyl (C=O) groups excluding carboxylic acids is 1. The standard InChI is InChI=1S/C32H52O3/c1-20(2)27(35-21(3)33)32-15-9-10-23(32)22-11-12-25-29(6)16-14-26(34)28(4,5)24(29)13-17-31(25,8)30(22,7)18-19-32/h22-27,34H,1,9-19H2,2-8H3/t22?,23?,24?,25?,26?,27?,29-,30+,31+,32?/m0/s1. The summed E-state index contributed by atoms with van der Waals surface area (Å²) in [6, 6.07) is 0. The Labute approximate surface area is 214 Å². The quantitative estimate of drug-likeness (QED) is 0.329. The molecule has 5 saturated carbocycles. The highest BCUT2D eigenvalue weighted by Gasteiger charge is 2.70. The van der Waals surface area contributed by atoms with E-state index in [4.69, 9.17) is 4.74 Å². The van der Waals surface area contributed by atoms with Gasteiger partial charge in [-0.3, -0.25) is 4.79 Å². The molecule has 0 aromatic carbocycles. The van der Waals surface area contributed by atoms with Crippen molar-refractivity contribution in [2.75, 3.05) is 0 Å². The topological polar surface area (TPSA) is 46.5 Å². The molecule has 0 aliphatic heterocycles. The van der Waals surface area contributed by atoms with Gasteiger partial charge in [0.2, 0.25) is 0 Å². The molecule has 5 aliphatic carbocycles. The summed E-state index contributed by atoms with van der Waals surface area (Å²) in [7, 11) is 0. The van der Waals surface area contributed by atoms with E-state index in [1.165, 1.54) is 64.2 Å². The highest BCUT2D eigenvalue weighted by molar-refractivity contribution is 5.66. The van der Waals surface area contributed by atoms with Crippen LogP contribution in [-0.2, 0) is 9.53 Å². The van der Waals surface area contributed by atoms with Crippen molar-refractivity contribution in [3.63, 3.8) is 0 Å². The summed E-state index contributed by atoms with van der Waals surface area (Å²) in [5.74, 6) is 2.54. The lowest BCUT2D eigenvalue weighted by Gasteiger charge is -2.73. The minimum absolute atomic E-state index is 0.0119. The summed E-state index contributed by atoms with van der Waals surface area (Å²) in [4.78, 5) is 12.1. The molecule has 0 heterocycles. The van der Waals surface area contributed by atoms with Gasteiger partial charge in [-0.2, -0.15) is 0 Å². The molecule has 0 radical (unpaired) electrons. The van der Waals surface area contributed by atoms with Crippen LogP contribution in [0.25, 0.3) is 0 Å². The van der Waals surface area contributed by atoms with Crippen LogP contribution in [0.3, 0.4) is 0 Å². The zero-order valence-corrected chi connectivity index (χ0v) is 23.7. The van der Waals surface area contributed by atoms with Gasteiger partial charge in [-0.25, -0.2) is 0 Å². The van der Waals surface area contributed by atoms with Gasteiger partial charge in [-0.1, -0.05) is 47.6 Å². The van der Waals surface area contributed by atoms with Gasteiger partial charge >= 0.3 is 5.97 Å². The summed E-state index contributed by atoms with van der Waals surface area (Å²) >= 11 is 0. The minimum Gasteiger partial charge on any atom is -0.457 e. The number of aliphatic hydroxyl groups excluding tert-OH is 1. The molecule has 0 aromatic rings. The third kappa shape index (κ3) is 3.28. The number of hydrogen-bond acceptors (Lipinski definition) is 3. The zero-order chi connectivity index (χ0) is 25.6. The maximum atomic E-state index is 12.1. The Bertz CT molecular complexity index is 891. The second-order valence-corrected chi connectivity index (χ2v) is 15.1. The fourth-order valence-corrected chi connectivity index (χ4v) is 11.9. The summed E-state index contributed by atoms with van der Waals surface area (Å²) in [5.41, 5.74) is 2.13. The third-order valence-corrected chi connectivity index (χ3v) is 13.7. The number of fused-ring (bicyclic) bond motifs is 7. The second kappa shape index (κ2) is 8.08. The minimum atomic E-state index is -0.161. The molecule has 0 spiro atoms. The molecule has 0 amide bonds. The molecule has 0 aromatic heterocycles. The first-order valence-electron chi connectivity index (χ1n) is 14.7. The molecular weight excluding hydrogens is 432 g/mol. The predicted molar refractivity (Wildman–Crippen MR) is 142 cm³/mol. The lowest BCUT2D eigenvalue weighted by molar-refractivity contribution is -0.250. The number of carbonyl (C=O) groups is 1. The van der Waals surface area contributed by atoms with Crippen LogP contribution in [0.5, 0.6) is 0 Å². The van der Waals surface area contributed by atoms with Crippen molar-refractivity contribution in [1.82, 2.24) is 0 Å². The molecule has 198 valence electrons. The van der Waals surface area contributed by atoms with Crippen molar-refractivity contribution in [3.05, 3.63) is 12.2 Å². The van der Waals surface area contributed by atoms with Gasteiger partial charge in [0.25, 0.3) is 0 Å². The molecular formula is C32H52O3. The van der Waals surface area contributed by atoms with E-state index in [1.807, 2.05) is 0 Å². The fourth-order valence-electron chi connectivity index (χ4n) is 11.9. The Kier molecular flexibility index (Phi) is 5.96. The largest absolute Gasteiger partial charge is 0.457 e. The number of rotatable bonds is 3. The van der Waals surface area contributed by atoms with Crippen LogP contribution in [0.4, 0.5) is 0 Å². The molecule has 1 N–H and O–H groups in total. The molecule has 5 aliphatic rings. The fraction of sp³-hybridized carbons (Fsp3) is 0.906. The summed E-state index contributed by atoms with van der Waals surface area (Å²) in [5, 5.41) is 10.9. The monoisotopic (exact) mass is 484 g/mol. The van der Waals surface area contributed by atoms with E-state index in [9.17, 15) is 9.90 Å². The molecule has 35 heavy (non-hydrogen) atoms. The van der Waals surface area contributed by atoms with Gasteiger partial charge in [0.05, 0.1) is 6.10 Å². The molecule has 5 fully saturated rings. The van der Waals surface area contributed by atoms with Crippen LogP contribution in [0.1, 0.15) is 119 Å². The van der Waals surface area contributed by atoms with E-state index in [0.29, 0.717) is 34.0 Å². The Balaban J connectivity index is 1.51. The SMILES string of the molecule is C=C(C)C(OC(C)=O)C12CCCC1C1CCC3[C@@]4(C)CCC(O)C(C)(C)C4CC[C@@]3(C)[C@]1(C)CC2. The normalized spacial score (nSPS) is 51.3. The molecule has 0 saturated heterocycles. The lowest BCUT2D eigenvalue weighted by Crippen LogP contribution is -2.67. The average Bonchev–Trinajstić information content (AvgIpc) is 3.20. The first-order valence-corrected chi connectivity index (χ1v) is 14.7. The second-order valence-electron chi connectivity index (χ2n) is 15.1. The van der Waals surface area contributed by atoms with Gasteiger partial charge < -0.3 is 9.84 Å². The Morgan fingerprint density at radius 1 is 0.829 bits per heavy atom. The van der Waals surface area contributed by atoms with Crippen molar-refractivity contribution in [3.8, 4) is 0 Å². The molecule has 3 heteroatoms. The molecule has 3 nitrogen and oxygen atoms in total. The van der Waals surface area contributed by atoms with Crippen LogP contribution >= 0.6 is 0 Å². The Morgan fingerprint density at radius 3 is 2.20 bits per heavy atom. The van der Waals surface area contributed by atoms with Crippen molar-refractivity contribution < 1.29 is 14.6 Å². The number of aliphatic hydroxyl groups is 1. The lowest BCUT2D eigenvalue weighted by atomic mass is 9.32. The first kappa shape index (κ1) is 25.8. The average molecular weight is 485 g/mol. The highest BCUT2D eigenvalue weighted by Crippen LogP contribution is 2.77. The van der Waals surface area contributed by atoms with Crippen molar-refractivity contribution >= 4 is 5.97 Å². The molecule has 10 atom stereocenters. The predicted octanol–water partition coefficient (Wildman–Crippen LogP) is 7.71. The van der Waals surface area contributed by atoms with Crippen LogP contribution in [0.15, 0.2) is 12.2 Å². The van der Waals surface area contributed by atoms with E-state index >= 15 is 0 Å². The van der Waals surface area contributed by atoms with Crippen LogP contribution in [-0.4, -0.2) is 23.3 Å². The van der Waals surface area contributed by atoms with Gasteiger partial charge in [0.1, 0.15) is 6.10 Å². The first-order chi connectivity index (χ1) is 16.2. The smallest absolute Gasteiger partial charge is 0.303 e. The van der Waals surface area contributed by atoms with Gasteiger partial charge in [-0.05, 0) is 122 Å². The number of ether oxygens (including phenoxy) is 1. The van der Waals surface area contributed by atoms with E-state index in [0.717, 1.165) is 17.9 Å². The van der Waals surface area contributed by atoms with E-state index in [-0.39, 0.29) is 29.0 Å². The number of hydrogen-bond donors (Lipinski definition) is 1.